The topological polar surface area (TPSA) is 79.3 Å². The van der Waals surface area contributed by atoms with Crippen LogP contribution in [0.1, 0.15) is 40.3 Å². The SMILES string of the molecule is CC(C)N(CC(=O)Nc1cc(C(C)(C)C)nn1-c1ccc(Cl)cc1)C(=O)Nc1ccc(F)cc1F. The number of aromatic nitrogens is 2. The average molecular weight is 504 g/mol. The smallest absolute Gasteiger partial charge is 0.313 e. The molecular formula is C25H28ClF2N5O2. The van der Waals surface area contributed by atoms with Crippen LogP contribution in [0.4, 0.5) is 25.1 Å². The number of rotatable bonds is 6. The van der Waals surface area contributed by atoms with E-state index in [1.165, 1.54) is 4.90 Å². The minimum absolute atomic E-state index is 0.182. The van der Waals surface area contributed by atoms with Crippen LogP contribution < -0.4 is 10.6 Å². The van der Waals surface area contributed by atoms with Crippen molar-refractivity contribution in [2.24, 2.45) is 0 Å². The first-order chi connectivity index (χ1) is 16.3. The number of nitrogens with zero attached hydrogens (tertiary/aromatic N) is 3. The molecule has 0 fully saturated rings. The molecule has 0 saturated carbocycles. The number of benzene rings is 2. The molecule has 0 atom stereocenters. The maximum atomic E-state index is 14.0. The third-order valence-corrected chi connectivity index (χ3v) is 5.44. The van der Waals surface area contributed by atoms with Crippen LogP contribution in [0, 0.1) is 11.6 Å². The largest absolute Gasteiger partial charge is 0.322 e. The molecule has 35 heavy (non-hydrogen) atoms. The van der Waals surface area contributed by atoms with E-state index in [4.69, 9.17) is 11.6 Å². The Morgan fingerprint density at radius 2 is 1.71 bits per heavy atom. The van der Waals surface area contributed by atoms with E-state index in [-0.39, 0.29) is 23.7 Å². The minimum Gasteiger partial charge on any atom is -0.313 e. The molecule has 1 aromatic heterocycles. The molecular weight excluding hydrogens is 476 g/mol. The van der Waals surface area contributed by atoms with Gasteiger partial charge in [-0.25, -0.2) is 18.3 Å². The Kier molecular flexibility index (Phi) is 7.80. The van der Waals surface area contributed by atoms with Gasteiger partial charge < -0.3 is 15.5 Å². The molecule has 3 aromatic rings. The lowest BCUT2D eigenvalue weighted by atomic mass is 9.92. The number of amides is 3. The molecule has 0 spiro atoms. The third-order valence-electron chi connectivity index (χ3n) is 5.19. The molecule has 0 unspecified atom stereocenters. The summed E-state index contributed by atoms with van der Waals surface area (Å²) in [5, 5.41) is 10.4. The minimum atomic E-state index is -0.909. The Labute approximate surface area is 208 Å². The number of halogens is 3. The fourth-order valence-electron chi connectivity index (χ4n) is 3.22. The number of carbonyl (C=O) groups excluding carboxylic acids is 2. The van der Waals surface area contributed by atoms with Crippen molar-refractivity contribution in [1.82, 2.24) is 14.7 Å². The standard InChI is InChI=1S/C25H28ClF2N5O2/c1-15(2)32(24(35)29-20-11-8-17(27)12-19(20)28)14-23(34)30-22-13-21(25(3,4)5)31-33(22)18-9-6-16(26)7-10-18/h6-13,15H,14H2,1-5H3,(H,29,35)(H,30,34). The second kappa shape index (κ2) is 10.4. The van der Waals surface area contributed by atoms with Crippen molar-refractivity contribution in [3.63, 3.8) is 0 Å². The van der Waals surface area contributed by atoms with Gasteiger partial charge in [-0.1, -0.05) is 32.4 Å². The summed E-state index contributed by atoms with van der Waals surface area (Å²) in [5.41, 5.74) is 0.997. The molecule has 2 aromatic carbocycles. The maximum absolute atomic E-state index is 14.0. The van der Waals surface area contributed by atoms with Crippen LogP contribution in [-0.4, -0.2) is 39.2 Å². The monoisotopic (exact) mass is 503 g/mol. The van der Waals surface area contributed by atoms with Crippen molar-refractivity contribution < 1.29 is 18.4 Å². The Morgan fingerprint density at radius 3 is 2.29 bits per heavy atom. The molecule has 7 nitrogen and oxygen atoms in total. The van der Waals surface area contributed by atoms with E-state index in [0.717, 1.165) is 17.8 Å². The number of urea groups is 1. The highest BCUT2D eigenvalue weighted by molar-refractivity contribution is 6.30. The van der Waals surface area contributed by atoms with Crippen LogP contribution in [0.3, 0.4) is 0 Å². The number of carbonyl (C=O) groups is 2. The summed E-state index contributed by atoms with van der Waals surface area (Å²) in [6.07, 6.45) is 0. The fraction of sp³-hybridized carbons (Fsp3) is 0.320. The lowest BCUT2D eigenvalue weighted by molar-refractivity contribution is -0.117. The highest BCUT2D eigenvalue weighted by atomic mass is 35.5. The van der Waals surface area contributed by atoms with Crippen LogP contribution in [0.25, 0.3) is 5.69 Å². The van der Waals surface area contributed by atoms with Crippen LogP contribution >= 0.6 is 11.6 Å². The predicted molar refractivity (Wildman–Crippen MR) is 133 cm³/mol. The zero-order valence-corrected chi connectivity index (χ0v) is 21.0. The second-order valence-corrected chi connectivity index (χ2v) is 9.81. The summed E-state index contributed by atoms with van der Waals surface area (Å²) in [6, 6.07) is 10.5. The Bertz CT molecular complexity index is 1220. The first kappa shape index (κ1) is 26.2. The van der Waals surface area contributed by atoms with Gasteiger partial charge in [-0.05, 0) is 50.2 Å². The summed E-state index contributed by atoms with van der Waals surface area (Å²) in [7, 11) is 0. The maximum Gasteiger partial charge on any atom is 0.322 e. The first-order valence-corrected chi connectivity index (χ1v) is 11.4. The van der Waals surface area contributed by atoms with Crippen molar-refractivity contribution in [2.45, 2.75) is 46.1 Å². The van der Waals surface area contributed by atoms with Gasteiger partial charge in [-0.2, -0.15) is 5.10 Å². The molecule has 0 bridgehead atoms. The van der Waals surface area contributed by atoms with Crippen molar-refractivity contribution >= 4 is 35.0 Å². The summed E-state index contributed by atoms with van der Waals surface area (Å²) < 4.78 is 28.8. The highest BCUT2D eigenvalue weighted by Gasteiger charge is 2.24. The van der Waals surface area contributed by atoms with Gasteiger partial charge in [0.1, 0.15) is 24.0 Å². The van der Waals surface area contributed by atoms with Gasteiger partial charge in [0.2, 0.25) is 5.91 Å². The zero-order valence-electron chi connectivity index (χ0n) is 20.2. The van der Waals surface area contributed by atoms with Crippen molar-refractivity contribution in [3.8, 4) is 5.69 Å². The van der Waals surface area contributed by atoms with Crippen molar-refractivity contribution in [2.75, 3.05) is 17.2 Å². The molecule has 3 amide bonds. The molecule has 0 radical (unpaired) electrons. The first-order valence-electron chi connectivity index (χ1n) is 11.0. The molecule has 0 aliphatic carbocycles. The lowest BCUT2D eigenvalue weighted by Gasteiger charge is -2.26. The fourth-order valence-corrected chi connectivity index (χ4v) is 3.35. The van der Waals surface area contributed by atoms with Crippen LogP contribution in [0.15, 0.2) is 48.5 Å². The summed E-state index contributed by atoms with van der Waals surface area (Å²) >= 11 is 6.01. The van der Waals surface area contributed by atoms with E-state index >= 15 is 0 Å². The molecule has 10 heteroatoms. The average Bonchev–Trinajstić information content (AvgIpc) is 3.18. The number of hydrogen-bond acceptors (Lipinski definition) is 3. The van der Waals surface area contributed by atoms with E-state index in [9.17, 15) is 18.4 Å². The van der Waals surface area contributed by atoms with E-state index in [1.54, 1.807) is 48.9 Å². The van der Waals surface area contributed by atoms with Gasteiger partial charge in [-0.15, -0.1) is 0 Å². The second-order valence-electron chi connectivity index (χ2n) is 9.38. The van der Waals surface area contributed by atoms with Crippen molar-refractivity contribution in [3.05, 3.63) is 70.9 Å². The molecule has 0 aliphatic heterocycles. The van der Waals surface area contributed by atoms with Crippen LogP contribution in [0.2, 0.25) is 5.02 Å². The van der Waals surface area contributed by atoms with E-state index in [0.29, 0.717) is 22.6 Å². The van der Waals surface area contributed by atoms with Gasteiger partial charge >= 0.3 is 6.03 Å². The van der Waals surface area contributed by atoms with E-state index < -0.39 is 23.6 Å². The van der Waals surface area contributed by atoms with Crippen LogP contribution in [0.5, 0.6) is 0 Å². The number of hydrogen-bond donors (Lipinski definition) is 2. The quantitative estimate of drug-likeness (QED) is 0.434. The normalized spacial score (nSPS) is 11.5. The van der Waals surface area contributed by atoms with Gasteiger partial charge in [0.15, 0.2) is 0 Å². The summed E-state index contributed by atoms with van der Waals surface area (Å²) in [6.45, 7) is 9.17. The van der Waals surface area contributed by atoms with Gasteiger partial charge in [0.05, 0.1) is 17.1 Å². The summed E-state index contributed by atoms with van der Waals surface area (Å²) in [4.78, 5) is 27.0. The molecule has 186 valence electrons. The molecule has 3 rings (SSSR count). The Hall–Kier alpha value is -3.46. The third kappa shape index (κ3) is 6.57. The van der Waals surface area contributed by atoms with Gasteiger partial charge in [0.25, 0.3) is 0 Å². The summed E-state index contributed by atoms with van der Waals surface area (Å²) in [5.74, 6) is -1.71. The lowest BCUT2D eigenvalue weighted by Crippen LogP contribution is -2.44. The highest BCUT2D eigenvalue weighted by Crippen LogP contribution is 2.27. The zero-order chi connectivity index (χ0) is 25.9. The number of nitrogens with one attached hydrogen (secondary N) is 2. The van der Waals surface area contributed by atoms with Crippen LogP contribution in [-0.2, 0) is 10.2 Å². The van der Waals surface area contributed by atoms with Gasteiger partial charge in [-0.3, -0.25) is 4.79 Å². The predicted octanol–water partition coefficient (Wildman–Crippen LogP) is 5.98. The Balaban J connectivity index is 1.81. The Morgan fingerprint density at radius 1 is 1.06 bits per heavy atom. The molecule has 0 saturated heterocycles. The van der Waals surface area contributed by atoms with Gasteiger partial charge in [0, 0.05) is 28.6 Å². The van der Waals surface area contributed by atoms with E-state index in [2.05, 4.69) is 15.7 Å². The number of anilines is 2. The van der Waals surface area contributed by atoms with Crippen molar-refractivity contribution in [1.29, 1.82) is 0 Å². The molecule has 2 N–H and O–H groups in total. The molecule has 0 aliphatic rings. The molecule has 1 heterocycles. The van der Waals surface area contributed by atoms with E-state index in [1.807, 2.05) is 20.8 Å².